The van der Waals surface area contributed by atoms with E-state index in [1.54, 1.807) is 0 Å². The standard InChI is InChI=1S/C13H23NO2/c1-3-16-12(15)11-8-14-9-13(11)6-4-10(2)5-7-13/h10-11,14H,3-9H2,1-2H3. The molecular formula is C13H23NO2. The lowest BCUT2D eigenvalue weighted by atomic mass is 9.65. The van der Waals surface area contributed by atoms with Gasteiger partial charge in [0.25, 0.3) is 0 Å². The summed E-state index contributed by atoms with van der Waals surface area (Å²) in [6.45, 7) is 6.52. The van der Waals surface area contributed by atoms with Gasteiger partial charge in [0.15, 0.2) is 0 Å². The molecule has 1 spiro atoms. The number of carbonyl (C=O) groups excluding carboxylic acids is 1. The van der Waals surface area contributed by atoms with Crippen molar-refractivity contribution in [3.05, 3.63) is 0 Å². The van der Waals surface area contributed by atoms with E-state index < -0.39 is 0 Å². The molecule has 0 amide bonds. The van der Waals surface area contributed by atoms with Gasteiger partial charge in [-0.05, 0) is 31.1 Å². The summed E-state index contributed by atoms with van der Waals surface area (Å²) in [6.07, 6.45) is 4.89. The summed E-state index contributed by atoms with van der Waals surface area (Å²) in [5.41, 5.74) is 0.207. The monoisotopic (exact) mass is 225 g/mol. The maximum atomic E-state index is 11.9. The summed E-state index contributed by atoms with van der Waals surface area (Å²) in [5.74, 6) is 0.941. The quantitative estimate of drug-likeness (QED) is 0.730. The Morgan fingerprint density at radius 3 is 2.75 bits per heavy atom. The van der Waals surface area contributed by atoms with Crippen LogP contribution in [0.4, 0.5) is 0 Å². The number of ether oxygens (including phenoxy) is 1. The second kappa shape index (κ2) is 4.74. The van der Waals surface area contributed by atoms with E-state index >= 15 is 0 Å². The molecule has 0 aromatic rings. The van der Waals surface area contributed by atoms with Crippen LogP contribution in [-0.4, -0.2) is 25.7 Å². The second-order valence-electron chi connectivity index (χ2n) is 5.48. The molecule has 0 radical (unpaired) electrons. The van der Waals surface area contributed by atoms with Gasteiger partial charge in [-0.2, -0.15) is 0 Å². The smallest absolute Gasteiger partial charge is 0.310 e. The third-order valence-corrected chi connectivity index (χ3v) is 4.41. The molecule has 1 unspecified atom stereocenters. The van der Waals surface area contributed by atoms with E-state index in [-0.39, 0.29) is 17.3 Å². The second-order valence-corrected chi connectivity index (χ2v) is 5.48. The van der Waals surface area contributed by atoms with E-state index in [2.05, 4.69) is 12.2 Å². The minimum Gasteiger partial charge on any atom is -0.466 e. The van der Waals surface area contributed by atoms with Crippen molar-refractivity contribution in [2.45, 2.75) is 39.5 Å². The predicted molar refractivity (Wildman–Crippen MR) is 63.1 cm³/mol. The molecule has 3 nitrogen and oxygen atoms in total. The molecule has 0 aromatic heterocycles. The largest absolute Gasteiger partial charge is 0.466 e. The van der Waals surface area contributed by atoms with E-state index in [4.69, 9.17) is 4.74 Å². The summed E-state index contributed by atoms with van der Waals surface area (Å²) in [5, 5.41) is 3.39. The lowest BCUT2D eigenvalue weighted by Crippen LogP contribution is -2.39. The Labute approximate surface area is 97.9 Å². The number of rotatable bonds is 2. The van der Waals surface area contributed by atoms with Crippen LogP contribution >= 0.6 is 0 Å². The molecule has 1 N–H and O–H groups in total. The lowest BCUT2D eigenvalue weighted by molar-refractivity contribution is -0.152. The maximum absolute atomic E-state index is 11.9. The molecule has 1 saturated heterocycles. The first-order chi connectivity index (χ1) is 7.68. The molecule has 1 heterocycles. The Morgan fingerprint density at radius 1 is 1.44 bits per heavy atom. The molecular weight excluding hydrogens is 202 g/mol. The van der Waals surface area contributed by atoms with Crippen molar-refractivity contribution in [1.29, 1.82) is 0 Å². The summed E-state index contributed by atoms with van der Waals surface area (Å²) >= 11 is 0. The van der Waals surface area contributed by atoms with E-state index in [9.17, 15) is 4.79 Å². The van der Waals surface area contributed by atoms with Gasteiger partial charge in [-0.3, -0.25) is 4.79 Å². The fourth-order valence-electron chi connectivity index (χ4n) is 3.24. The zero-order valence-corrected chi connectivity index (χ0v) is 10.4. The van der Waals surface area contributed by atoms with Crippen LogP contribution in [-0.2, 0) is 9.53 Å². The van der Waals surface area contributed by atoms with Crippen LogP contribution in [0.15, 0.2) is 0 Å². The normalized spacial score (nSPS) is 38.9. The van der Waals surface area contributed by atoms with Crippen molar-refractivity contribution < 1.29 is 9.53 Å². The Bertz CT molecular complexity index is 257. The van der Waals surface area contributed by atoms with Crippen molar-refractivity contribution in [1.82, 2.24) is 5.32 Å². The SMILES string of the molecule is CCOC(=O)C1CNCC12CCC(C)CC2. The highest BCUT2D eigenvalue weighted by Gasteiger charge is 2.48. The van der Waals surface area contributed by atoms with Crippen molar-refractivity contribution in [3.63, 3.8) is 0 Å². The van der Waals surface area contributed by atoms with Crippen LogP contribution in [0.3, 0.4) is 0 Å². The van der Waals surface area contributed by atoms with Gasteiger partial charge in [0, 0.05) is 13.1 Å². The first-order valence-corrected chi connectivity index (χ1v) is 6.55. The Kier molecular flexibility index (Phi) is 3.53. The summed E-state index contributed by atoms with van der Waals surface area (Å²) < 4.78 is 5.20. The summed E-state index contributed by atoms with van der Waals surface area (Å²) in [7, 11) is 0. The van der Waals surface area contributed by atoms with Crippen molar-refractivity contribution >= 4 is 5.97 Å². The predicted octanol–water partition coefficient (Wildman–Crippen LogP) is 1.97. The molecule has 92 valence electrons. The minimum atomic E-state index is 0.0158. The first kappa shape index (κ1) is 11.9. The number of carbonyl (C=O) groups is 1. The fraction of sp³-hybridized carbons (Fsp3) is 0.923. The maximum Gasteiger partial charge on any atom is 0.310 e. The fourth-order valence-corrected chi connectivity index (χ4v) is 3.24. The van der Waals surface area contributed by atoms with Gasteiger partial charge in [-0.1, -0.05) is 19.8 Å². The summed E-state index contributed by atoms with van der Waals surface area (Å²) in [4.78, 5) is 11.9. The lowest BCUT2D eigenvalue weighted by Gasteiger charge is -2.39. The molecule has 2 rings (SSSR count). The van der Waals surface area contributed by atoms with E-state index in [0.29, 0.717) is 6.61 Å². The molecule has 1 saturated carbocycles. The number of hydrogen-bond acceptors (Lipinski definition) is 3. The highest BCUT2D eigenvalue weighted by Crippen LogP contribution is 2.46. The van der Waals surface area contributed by atoms with Crippen LogP contribution < -0.4 is 5.32 Å². The van der Waals surface area contributed by atoms with E-state index in [0.717, 1.165) is 19.0 Å². The highest BCUT2D eigenvalue weighted by atomic mass is 16.5. The van der Waals surface area contributed by atoms with Gasteiger partial charge in [0.1, 0.15) is 0 Å². The average molecular weight is 225 g/mol. The topological polar surface area (TPSA) is 38.3 Å². The third-order valence-electron chi connectivity index (χ3n) is 4.41. The highest BCUT2D eigenvalue weighted by molar-refractivity contribution is 5.74. The van der Waals surface area contributed by atoms with Crippen LogP contribution in [0, 0.1) is 17.3 Å². The zero-order valence-electron chi connectivity index (χ0n) is 10.4. The van der Waals surface area contributed by atoms with E-state index in [1.165, 1.54) is 25.7 Å². The van der Waals surface area contributed by atoms with Gasteiger partial charge < -0.3 is 10.1 Å². The zero-order chi connectivity index (χ0) is 11.6. The van der Waals surface area contributed by atoms with Gasteiger partial charge >= 0.3 is 5.97 Å². The van der Waals surface area contributed by atoms with Crippen LogP contribution in [0.1, 0.15) is 39.5 Å². The van der Waals surface area contributed by atoms with Gasteiger partial charge in [-0.15, -0.1) is 0 Å². The number of hydrogen-bond donors (Lipinski definition) is 1. The molecule has 1 atom stereocenters. The Balaban J connectivity index is 2.04. The molecule has 0 bridgehead atoms. The van der Waals surface area contributed by atoms with E-state index in [1.807, 2.05) is 6.92 Å². The average Bonchev–Trinajstić information content (AvgIpc) is 2.67. The van der Waals surface area contributed by atoms with Crippen molar-refractivity contribution in [2.24, 2.45) is 17.3 Å². The molecule has 3 heteroatoms. The van der Waals surface area contributed by atoms with Crippen LogP contribution in [0.5, 0.6) is 0 Å². The van der Waals surface area contributed by atoms with Gasteiger partial charge in [0.2, 0.25) is 0 Å². The molecule has 2 fully saturated rings. The van der Waals surface area contributed by atoms with Crippen LogP contribution in [0.25, 0.3) is 0 Å². The first-order valence-electron chi connectivity index (χ1n) is 6.55. The summed E-state index contributed by atoms with van der Waals surface area (Å²) in [6, 6.07) is 0. The number of esters is 1. The molecule has 2 aliphatic rings. The molecule has 1 aliphatic carbocycles. The van der Waals surface area contributed by atoms with Crippen molar-refractivity contribution in [3.8, 4) is 0 Å². The molecule has 16 heavy (non-hydrogen) atoms. The molecule has 1 aliphatic heterocycles. The van der Waals surface area contributed by atoms with Gasteiger partial charge in [0.05, 0.1) is 12.5 Å². The molecule has 0 aromatic carbocycles. The number of nitrogens with one attached hydrogen (secondary N) is 1. The Hall–Kier alpha value is -0.570. The Morgan fingerprint density at radius 2 is 2.12 bits per heavy atom. The minimum absolute atomic E-state index is 0.0158. The van der Waals surface area contributed by atoms with Crippen molar-refractivity contribution in [2.75, 3.05) is 19.7 Å². The van der Waals surface area contributed by atoms with Crippen LogP contribution in [0.2, 0.25) is 0 Å². The third kappa shape index (κ3) is 2.10. The van der Waals surface area contributed by atoms with Gasteiger partial charge in [-0.25, -0.2) is 0 Å².